The Morgan fingerprint density at radius 3 is 1.18 bits per heavy atom. The summed E-state index contributed by atoms with van der Waals surface area (Å²) in [4.78, 5) is 20.8. The van der Waals surface area contributed by atoms with Gasteiger partial charge in [0.25, 0.3) is 0 Å². The van der Waals surface area contributed by atoms with Crippen LogP contribution < -0.4 is 56.3 Å². The van der Waals surface area contributed by atoms with Gasteiger partial charge in [0.1, 0.15) is 0 Å². The molecule has 0 rings (SSSR count). The Morgan fingerprint density at radius 1 is 0.571 bits per heavy atom. The molecule has 0 aromatic heterocycles. The van der Waals surface area contributed by atoms with E-state index in [1.54, 1.807) is 0 Å². The van der Waals surface area contributed by atoms with Crippen molar-refractivity contribution in [2.24, 2.45) is 0 Å². The topological polar surface area (TPSA) is 77.1 Å². The summed E-state index contributed by atoms with van der Waals surface area (Å²) >= 11 is 0. The van der Waals surface area contributed by atoms with Crippen molar-refractivity contribution in [1.82, 2.24) is 0 Å². The van der Waals surface area contributed by atoms with Crippen molar-refractivity contribution in [3.63, 3.8) is 0 Å². The summed E-state index contributed by atoms with van der Waals surface area (Å²) in [5, 5.41) is 0. The zero-order valence-electron chi connectivity index (χ0n) is 18.6. The number of phosphoric acid groups is 1. The van der Waals surface area contributed by atoms with Gasteiger partial charge in [0, 0.05) is 0 Å². The van der Waals surface area contributed by atoms with Crippen molar-refractivity contribution in [2.75, 3.05) is 13.2 Å². The molecule has 1 unspecified atom stereocenters. The monoisotopic (exact) mass is 448 g/mol. The van der Waals surface area contributed by atoms with Crippen molar-refractivity contribution >= 4 is 7.82 Å². The van der Waals surface area contributed by atoms with Gasteiger partial charge in [0.2, 0.25) is 0 Å². The van der Waals surface area contributed by atoms with Crippen molar-refractivity contribution in [1.29, 1.82) is 0 Å². The Labute approximate surface area is 215 Å². The van der Waals surface area contributed by atoms with Gasteiger partial charge in [0.05, 0.1) is 13.2 Å². The Morgan fingerprint density at radius 2 is 0.857 bits per heavy atom. The summed E-state index contributed by atoms with van der Waals surface area (Å²) in [5.74, 6) is 0. The Hall–Kier alpha value is 1.67. The van der Waals surface area contributed by atoms with Crippen LogP contribution in [0.4, 0.5) is 0 Å². The molecule has 8 heteroatoms. The zero-order valence-corrected chi connectivity index (χ0v) is 22.6. The molecule has 0 radical (unpaired) electrons. The van der Waals surface area contributed by atoms with E-state index in [4.69, 9.17) is 4.89 Å². The fraction of sp³-hybridized carbons (Fsp3) is 1.00. The average Bonchev–Trinajstić information content (AvgIpc) is 2.64. The van der Waals surface area contributed by atoms with Gasteiger partial charge in [-0.05, 0) is 12.8 Å². The molecular weight excluding hydrogens is 406 g/mol. The van der Waals surface area contributed by atoms with Gasteiger partial charge in [-0.25, -0.2) is 9.78 Å². The predicted octanol–water partition coefficient (Wildman–Crippen LogP) is 3.64. The minimum absolute atomic E-state index is 0. The van der Waals surface area contributed by atoms with E-state index in [9.17, 15) is 9.46 Å². The number of hydrogen-bond acceptors (Lipinski definition) is 6. The molecule has 28 heavy (non-hydrogen) atoms. The molecule has 0 aliphatic rings. The van der Waals surface area contributed by atoms with Gasteiger partial charge >= 0.3 is 59.2 Å². The average molecular weight is 449 g/mol. The first-order chi connectivity index (χ1) is 13.1. The minimum atomic E-state index is -4.53. The quantitative estimate of drug-likeness (QED) is 0.0827. The third-order valence-electron chi connectivity index (χ3n) is 4.45. The van der Waals surface area contributed by atoms with E-state index in [1.807, 2.05) is 0 Å². The molecular formula is C20H42KO6P. The summed E-state index contributed by atoms with van der Waals surface area (Å²) < 4.78 is 20.1. The number of hydrogen-bond donors (Lipinski definition) is 0. The Bertz CT molecular complexity index is 347. The molecule has 6 nitrogen and oxygen atoms in total. The Kier molecular flexibility index (Phi) is 28.4. The smallest absolute Gasteiger partial charge is 0.753 e. The van der Waals surface area contributed by atoms with Gasteiger partial charge in [-0.3, -0.25) is 4.57 Å². The maximum Gasteiger partial charge on any atom is 1.00 e. The van der Waals surface area contributed by atoms with E-state index >= 15 is 0 Å². The summed E-state index contributed by atoms with van der Waals surface area (Å²) in [6, 6.07) is 0. The molecule has 0 saturated carbocycles. The molecule has 0 saturated heterocycles. The maximum atomic E-state index is 11.4. The molecule has 0 aliphatic carbocycles. The van der Waals surface area contributed by atoms with Gasteiger partial charge in [-0.1, -0.05) is 104 Å². The van der Waals surface area contributed by atoms with E-state index in [0.29, 0.717) is 0 Å². The zero-order chi connectivity index (χ0) is 20.1. The molecule has 0 bridgehead atoms. The summed E-state index contributed by atoms with van der Waals surface area (Å²) in [6.07, 6.45) is 18.6. The van der Waals surface area contributed by atoms with Crippen LogP contribution in [-0.2, 0) is 23.7 Å². The molecule has 0 N–H and O–H groups in total. The molecule has 0 amide bonds. The SMILES string of the molecule is CCCCCCCCCCCCOOP(=O)([O-])OOCCCCCCCC.[K+]. The van der Waals surface area contributed by atoms with Crippen LogP contribution in [0.2, 0.25) is 0 Å². The van der Waals surface area contributed by atoms with Gasteiger partial charge in [0.15, 0.2) is 0 Å². The van der Waals surface area contributed by atoms with Crippen molar-refractivity contribution in [2.45, 2.75) is 117 Å². The molecule has 0 heterocycles. The molecule has 164 valence electrons. The number of unbranched alkanes of at least 4 members (excludes halogenated alkanes) is 14. The van der Waals surface area contributed by atoms with Crippen LogP contribution >= 0.6 is 7.82 Å². The van der Waals surface area contributed by atoms with E-state index in [2.05, 4.69) is 28.1 Å². The standard InChI is InChI=1S/C20H43O6P.K/c1-3-5-7-9-11-12-13-14-16-18-20-24-26-27(21,22)25-23-19-17-15-10-8-6-4-2;/h3-20H2,1-2H3,(H,21,22);/q;+1/p-1. The first-order valence-electron chi connectivity index (χ1n) is 11.1. The molecule has 0 aliphatic heterocycles. The van der Waals surface area contributed by atoms with Crippen LogP contribution in [0.5, 0.6) is 0 Å². The normalized spacial score (nSPS) is 13.2. The predicted molar refractivity (Wildman–Crippen MR) is 107 cm³/mol. The van der Waals surface area contributed by atoms with Crippen LogP contribution in [0.1, 0.15) is 117 Å². The second-order valence-electron chi connectivity index (χ2n) is 7.19. The second kappa shape index (κ2) is 24.9. The first kappa shape index (κ1) is 31.8. The largest absolute Gasteiger partial charge is 1.00 e. The first-order valence-corrected chi connectivity index (χ1v) is 12.5. The van der Waals surface area contributed by atoms with Crippen LogP contribution in [0.3, 0.4) is 0 Å². The van der Waals surface area contributed by atoms with Crippen LogP contribution in [0, 0.1) is 0 Å². The summed E-state index contributed by atoms with van der Waals surface area (Å²) in [5.41, 5.74) is 0. The van der Waals surface area contributed by atoms with Gasteiger partial charge in [-0.15, -0.1) is 0 Å². The maximum absolute atomic E-state index is 11.4. The van der Waals surface area contributed by atoms with Crippen molar-refractivity contribution in [3.05, 3.63) is 0 Å². The third-order valence-corrected chi connectivity index (χ3v) is 5.03. The van der Waals surface area contributed by atoms with Gasteiger partial charge in [-0.2, -0.15) is 9.35 Å². The van der Waals surface area contributed by atoms with Crippen LogP contribution in [-0.4, -0.2) is 13.2 Å². The number of rotatable bonds is 22. The van der Waals surface area contributed by atoms with Crippen LogP contribution in [0.25, 0.3) is 0 Å². The second-order valence-corrected chi connectivity index (χ2v) is 8.38. The van der Waals surface area contributed by atoms with Crippen LogP contribution in [0.15, 0.2) is 0 Å². The van der Waals surface area contributed by atoms with Crippen molar-refractivity contribution < 1.29 is 80.0 Å². The third kappa shape index (κ3) is 25.7. The molecule has 0 spiro atoms. The molecule has 0 aromatic rings. The van der Waals surface area contributed by atoms with Gasteiger partial charge < -0.3 is 4.89 Å². The minimum Gasteiger partial charge on any atom is -0.753 e. The fourth-order valence-corrected chi connectivity index (χ4v) is 3.24. The van der Waals surface area contributed by atoms with E-state index in [-0.39, 0.29) is 64.6 Å². The van der Waals surface area contributed by atoms with E-state index < -0.39 is 7.82 Å². The van der Waals surface area contributed by atoms with E-state index in [1.165, 1.54) is 64.2 Å². The van der Waals surface area contributed by atoms with Crippen molar-refractivity contribution in [3.8, 4) is 0 Å². The molecule has 0 fully saturated rings. The fourth-order valence-electron chi connectivity index (χ4n) is 2.81. The molecule has 1 atom stereocenters. The summed E-state index contributed by atoms with van der Waals surface area (Å²) in [7, 11) is -4.53. The summed E-state index contributed by atoms with van der Waals surface area (Å²) in [6.45, 7) is 4.87. The Balaban J connectivity index is 0. The molecule has 0 aromatic carbocycles. The van der Waals surface area contributed by atoms with E-state index in [0.717, 1.165) is 38.5 Å².